The van der Waals surface area contributed by atoms with Gasteiger partial charge in [0.15, 0.2) is 0 Å². The maximum atomic E-state index is 6.83. The zero-order valence-corrected chi connectivity index (χ0v) is 32.3. The van der Waals surface area contributed by atoms with Gasteiger partial charge in [-0.15, -0.1) is 11.3 Å². The molecule has 12 rings (SSSR count). The first kappa shape index (κ1) is 33.0. The van der Waals surface area contributed by atoms with Gasteiger partial charge < -0.3 is 9.32 Å². The number of anilines is 3. The Kier molecular flexibility index (Phi) is 7.35. The average Bonchev–Trinajstić information content (AvgIpc) is 3.96. The van der Waals surface area contributed by atoms with E-state index in [2.05, 4.69) is 217 Å². The highest BCUT2D eigenvalue weighted by Crippen LogP contribution is 2.56. The normalized spacial score (nSPS) is 13.0. The lowest BCUT2D eigenvalue weighted by molar-refractivity contribution is 0.665. The number of nitrogens with zero attached hydrogens (tertiary/aromatic N) is 1. The highest BCUT2D eigenvalue weighted by atomic mass is 32.1. The van der Waals surface area contributed by atoms with Gasteiger partial charge >= 0.3 is 0 Å². The van der Waals surface area contributed by atoms with Crippen molar-refractivity contribution in [2.45, 2.75) is 5.41 Å². The molecule has 0 fully saturated rings. The Morgan fingerprint density at radius 3 is 1.86 bits per heavy atom. The Morgan fingerprint density at radius 2 is 1.05 bits per heavy atom. The molecule has 0 amide bonds. The molecule has 0 saturated carbocycles. The van der Waals surface area contributed by atoms with Gasteiger partial charge in [0.25, 0.3) is 0 Å². The molecule has 2 nitrogen and oxygen atoms in total. The first-order valence-corrected chi connectivity index (χ1v) is 20.6. The molecule has 0 spiro atoms. The fourth-order valence-corrected chi connectivity index (χ4v) is 10.8. The summed E-state index contributed by atoms with van der Waals surface area (Å²) in [5.74, 6) is 0. The van der Waals surface area contributed by atoms with Crippen molar-refractivity contribution in [1.29, 1.82) is 0 Å². The van der Waals surface area contributed by atoms with E-state index in [0.717, 1.165) is 39.0 Å². The maximum absolute atomic E-state index is 6.83. The number of rotatable bonds is 6. The Hall–Kier alpha value is -7.20. The Labute approximate surface area is 340 Å². The maximum Gasteiger partial charge on any atom is 0.135 e. The number of thiophene rings is 1. The van der Waals surface area contributed by atoms with Gasteiger partial charge in [0, 0.05) is 37.6 Å². The first-order valence-electron chi connectivity index (χ1n) is 19.8. The number of furan rings is 1. The molecule has 11 aromatic rings. The lowest BCUT2D eigenvalue weighted by Crippen LogP contribution is -2.28. The van der Waals surface area contributed by atoms with Gasteiger partial charge in [0.2, 0.25) is 0 Å². The number of hydrogen-bond acceptors (Lipinski definition) is 3. The molecule has 2 heterocycles. The van der Waals surface area contributed by atoms with Gasteiger partial charge in [0.1, 0.15) is 11.2 Å². The molecule has 1 aliphatic carbocycles. The molecule has 0 saturated heterocycles. The number of hydrogen-bond donors (Lipinski definition) is 0. The summed E-state index contributed by atoms with van der Waals surface area (Å²) >= 11 is 1.86. The third-order valence-electron chi connectivity index (χ3n) is 12.1. The third kappa shape index (κ3) is 4.84. The van der Waals surface area contributed by atoms with Gasteiger partial charge in [0.05, 0.1) is 15.8 Å². The minimum Gasteiger partial charge on any atom is -0.456 e. The fraction of sp³-hybridized carbons (Fsp3) is 0.0182. The van der Waals surface area contributed by atoms with E-state index in [4.69, 9.17) is 4.42 Å². The summed E-state index contributed by atoms with van der Waals surface area (Å²) < 4.78 is 9.38. The van der Waals surface area contributed by atoms with Crippen LogP contribution in [0.25, 0.3) is 64.4 Å². The van der Waals surface area contributed by atoms with Crippen molar-refractivity contribution in [2.75, 3.05) is 4.90 Å². The second kappa shape index (κ2) is 12.9. The summed E-state index contributed by atoms with van der Waals surface area (Å²) in [6.07, 6.45) is 0. The molecule has 0 bridgehead atoms. The lowest BCUT2D eigenvalue weighted by Gasteiger charge is -2.33. The first-order chi connectivity index (χ1) is 28.8. The van der Waals surface area contributed by atoms with Gasteiger partial charge in [-0.1, -0.05) is 164 Å². The topological polar surface area (TPSA) is 16.4 Å². The van der Waals surface area contributed by atoms with E-state index in [9.17, 15) is 0 Å². The number of fused-ring (bicyclic) bond motifs is 9. The lowest BCUT2D eigenvalue weighted by atomic mass is 9.67. The minimum atomic E-state index is -0.490. The second-order valence-electron chi connectivity index (χ2n) is 15.2. The largest absolute Gasteiger partial charge is 0.456 e. The van der Waals surface area contributed by atoms with E-state index in [1.54, 1.807) is 0 Å². The highest BCUT2D eigenvalue weighted by Gasteiger charge is 2.46. The molecule has 58 heavy (non-hydrogen) atoms. The second-order valence-corrected chi connectivity index (χ2v) is 16.3. The smallest absolute Gasteiger partial charge is 0.135 e. The molecule has 0 aliphatic heterocycles. The predicted octanol–water partition coefficient (Wildman–Crippen LogP) is 15.5. The Bertz CT molecular complexity index is 3310. The van der Waals surface area contributed by atoms with Gasteiger partial charge in [-0.3, -0.25) is 0 Å². The summed E-state index contributed by atoms with van der Waals surface area (Å²) in [6, 6.07) is 77.3. The average molecular weight is 758 g/mol. The zero-order valence-electron chi connectivity index (χ0n) is 31.5. The molecule has 0 radical (unpaired) electrons. The Balaban J connectivity index is 1.07. The summed E-state index contributed by atoms with van der Waals surface area (Å²) in [5.41, 5.74) is 14.5. The van der Waals surface area contributed by atoms with Crippen LogP contribution in [0.15, 0.2) is 217 Å². The summed E-state index contributed by atoms with van der Waals surface area (Å²) in [7, 11) is 0. The van der Waals surface area contributed by atoms with Crippen LogP contribution in [-0.2, 0) is 5.41 Å². The number of benzene rings is 9. The van der Waals surface area contributed by atoms with E-state index in [1.165, 1.54) is 64.7 Å². The van der Waals surface area contributed by atoms with Crippen LogP contribution >= 0.6 is 11.3 Å². The Morgan fingerprint density at radius 1 is 0.397 bits per heavy atom. The summed E-state index contributed by atoms with van der Waals surface area (Å²) in [6.45, 7) is 0. The van der Waals surface area contributed by atoms with Crippen LogP contribution in [0.3, 0.4) is 0 Å². The molecule has 9 aromatic carbocycles. The fourth-order valence-electron chi connectivity index (χ4n) is 9.64. The van der Waals surface area contributed by atoms with Crippen molar-refractivity contribution in [1.82, 2.24) is 0 Å². The molecule has 0 unspecified atom stereocenters. The SMILES string of the molecule is c1ccc(-c2cccc(N(c3ccc4oc5cc(C6(c7ccccc7)c7ccccc7-c7ccccc76)ccc5c4c3)c3cccc4c3sc3ccccc34)c2)cc1. The molecule has 272 valence electrons. The third-order valence-corrected chi connectivity index (χ3v) is 13.4. The van der Waals surface area contributed by atoms with E-state index in [-0.39, 0.29) is 0 Å². The molecular formula is C55H35NOS. The van der Waals surface area contributed by atoms with Crippen LogP contribution in [0.1, 0.15) is 22.3 Å². The minimum absolute atomic E-state index is 0.490. The van der Waals surface area contributed by atoms with Crippen LogP contribution in [0.4, 0.5) is 17.1 Å². The van der Waals surface area contributed by atoms with E-state index < -0.39 is 5.41 Å². The molecule has 0 N–H and O–H groups in total. The molecule has 1 aliphatic rings. The van der Waals surface area contributed by atoms with Gasteiger partial charge in [-0.05, 0) is 93.0 Å². The van der Waals surface area contributed by atoms with Gasteiger partial charge in [-0.25, -0.2) is 0 Å². The van der Waals surface area contributed by atoms with Crippen molar-refractivity contribution in [3.05, 3.63) is 235 Å². The summed E-state index contributed by atoms with van der Waals surface area (Å²) in [4.78, 5) is 2.42. The predicted molar refractivity (Wildman–Crippen MR) is 244 cm³/mol. The van der Waals surface area contributed by atoms with E-state index >= 15 is 0 Å². The van der Waals surface area contributed by atoms with Crippen molar-refractivity contribution >= 4 is 70.5 Å². The van der Waals surface area contributed by atoms with Crippen molar-refractivity contribution < 1.29 is 4.42 Å². The van der Waals surface area contributed by atoms with Crippen molar-refractivity contribution in [3.8, 4) is 22.3 Å². The zero-order chi connectivity index (χ0) is 38.2. The van der Waals surface area contributed by atoms with Crippen LogP contribution in [0, 0.1) is 0 Å². The van der Waals surface area contributed by atoms with Crippen molar-refractivity contribution in [2.24, 2.45) is 0 Å². The van der Waals surface area contributed by atoms with Crippen LogP contribution in [0.5, 0.6) is 0 Å². The molecular weight excluding hydrogens is 723 g/mol. The van der Waals surface area contributed by atoms with Crippen molar-refractivity contribution in [3.63, 3.8) is 0 Å². The molecule has 0 atom stereocenters. The monoisotopic (exact) mass is 757 g/mol. The quantitative estimate of drug-likeness (QED) is 0.168. The highest BCUT2D eigenvalue weighted by molar-refractivity contribution is 7.26. The molecule has 2 aromatic heterocycles. The summed E-state index contributed by atoms with van der Waals surface area (Å²) in [5, 5.41) is 4.75. The van der Waals surface area contributed by atoms with Crippen LogP contribution in [0.2, 0.25) is 0 Å². The van der Waals surface area contributed by atoms with Gasteiger partial charge in [-0.2, -0.15) is 0 Å². The molecule has 3 heteroatoms. The van der Waals surface area contributed by atoms with E-state index in [1.807, 2.05) is 11.3 Å². The van der Waals surface area contributed by atoms with Crippen LogP contribution in [-0.4, -0.2) is 0 Å². The van der Waals surface area contributed by atoms with Crippen LogP contribution < -0.4 is 4.90 Å². The van der Waals surface area contributed by atoms with E-state index in [0.29, 0.717) is 0 Å². The standard InChI is InChI=1S/C55H35NOS/c1-3-15-36(16-4-1)37-17-13-20-40(33-37)56(50-27-14-24-46-45-23-9-12-28-53(45)58-54(46)50)41-30-32-51-47(35-41)44-31-29-39(34-52(44)57-51)55(38-18-5-2-6-19-38)48-25-10-7-21-42(48)43-22-8-11-26-49(43)55/h1-35H.